The van der Waals surface area contributed by atoms with Gasteiger partial charge in [-0.25, -0.2) is 0 Å². The third-order valence-corrected chi connectivity index (χ3v) is 7.95. The Morgan fingerprint density at radius 2 is 1.83 bits per heavy atom. The fourth-order valence-corrected chi connectivity index (χ4v) is 5.61. The van der Waals surface area contributed by atoms with Gasteiger partial charge in [0.2, 0.25) is 5.91 Å². The summed E-state index contributed by atoms with van der Waals surface area (Å²) in [6.45, 7) is 2.22. The molecule has 2 aliphatic heterocycles. The first-order valence-electron chi connectivity index (χ1n) is 15.3. The van der Waals surface area contributed by atoms with Crippen LogP contribution < -0.4 is 29.3 Å². The van der Waals surface area contributed by atoms with Gasteiger partial charge in [0.05, 0.1) is 45.8 Å². The number of carbonyl (C=O) groups is 3. The van der Waals surface area contributed by atoms with Crippen LogP contribution >= 0.6 is 12.6 Å². The van der Waals surface area contributed by atoms with E-state index >= 15 is 0 Å². The quantitative estimate of drug-likeness (QED) is 0.143. The molecule has 0 radical (unpaired) electrons. The highest BCUT2D eigenvalue weighted by molar-refractivity contribution is 7.80. The van der Waals surface area contributed by atoms with E-state index < -0.39 is 5.97 Å². The second kappa shape index (κ2) is 16.3. The molecule has 5 rings (SSSR count). The maximum atomic E-state index is 12.9. The number of rotatable bonds is 15. The maximum absolute atomic E-state index is 12.9. The molecule has 2 heterocycles. The largest absolute Gasteiger partial charge is 0.496 e. The van der Waals surface area contributed by atoms with Crippen molar-refractivity contribution in [1.82, 2.24) is 5.32 Å². The summed E-state index contributed by atoms with van der Waals surface area (Å²) in [6, 6.07) is 20.3. The first-order chi connectivity index (χ1) is 22.4. The minimum absolute atomic E-state index is 0.0258. The lowest BCUT2D eigenvalue weighted by molar-refractivity contribution is -0.143. The van der Waals surface area contributed by atoms with Crippen LogP contribution in [0.25, 0.3) is 0 Å². The molecular weight excluding hydrogens is 610 g/mol. The number of carbonyl (C=O) groups excluding carboxylic acids is 3. The molecule has 12 heteroatoms. The molecule has 1 N–H and O–H groups in total. The average Bonchev–Trinajstić information content (AvgIpc) is 3.06. The van der Waals surface area contributed by atoms with Crippen LogP contribution in [0.5, 0.6) is 17.2 Å². The topological polar surface area (TPSA) is 116 Å². The number of piperazine rings is 1. The van der Waals surface area contributed by atoms with E-state index in [1.54, 1.807) is 30.2 Å². The number of para-hydroxylation sites is 1. The molecule has 0 aliphatic carbocycles. The van der Waals surface area contributed by atoms with E-state index in [-0.39, 0.29) is 44.2 Å². The zero-order valence-corrected chi connectivity index (χ0v) is 26.7. The molecule has 2 amide bonds. The van der Waals surface area contributed by atoms with Crippen LogP contribution in [-0.4, -0.2) is 77.0 Å². The van der Waals surface area contributed by atoms with Gasteiger partial charge in [-0.05, 0) is 61.4 Å². The summed E-state index contributed by atoms with van der Waals surface area (Å²) < 4.78 is 27.9. The Morgan fingerprint density at radius 3 is 2.65 bits per heavy atom. The van der Waals surface area contributed by atoms with E-state index in [0.717, 1.165) is 23.4 Å². The molecule has 244 valence electrons. The van der Waals surface area contributed by atoms with Gasteiger partial charge in [0.15, 0.2) is 6.61 Å². The van der Waals surface area contributed by atoms with Gasteiger partial charge in [0.25, 0.3) is 5.91 Å². The molecule has 3 aromatic carbocycles. The number of thiol groups is 1. The molecular formula is C34H39N3O8S. The van der Waals surface area contributed by atoms with Crippen LogP contribution in [0.4, 0.5) is 11.4 Å². The maximum Gasteiger partial charge on any atom is 0.326 e. The number of esters is 1. The summed E-state index contributed by atoms with van der Waals surface area (Å²) in [5, 5.41) is 3.18. The van der Waals surface area contributed by atoms with Crippen LogP contribution in [0.2, 0.25) is 0 Å². The van der Waals surface area contributed by atoms with Crippen molar-refractivity contribution in [2.24, 2.45) is 0 Å². The number of methoxy groups -OCH3 is 1. The summed E-state index contributed by atoms with van der Waals surface area (Å²) in [6.07, 6.45) is 1.91. The molecule has 1 fully saturated rings. The van der Waals surface area contributed by atoms with Crippen LogP contribution in [-0.2, 0) is 30.5 Å². The number of amides is 2. The van der Waals surface area contributed by atoms with Crippen molar-refractivity contribution in [3.8, 4) is 17.2 Å². The van der Waals surface area contributed by atoms with E-state index in [2.05, 4.69) is 17.9 Å². The molecule has 46 heavy (non-hydrogen) atoms. The van der Waals surface area contributed by atoms with E-state index in [1.807, 2.05) is 48.5 Å². The molecule has 2 aliphatic rings. The summed E-state index contributed by atoms with van der Waals surface area (Å²) >= 11 is 4.33. The Morgan fingerprint density at radius 1 is 1.00 bits per heavy atom. The number of fused-ring (bicyclic) bond motifs is 1. The summed E-state index contributed by atoms with van der Waals surface area (Å²) in [5.74, 6) is 1.18. The van der Waals surface area contributed by atoms with Gasteiger partial charge >= 0.3 is 5.97 Å². The fourth-order valence-electron chi connectivity index (χ4n) is 5.41. The summed E-state index contributed by atoms with van der Waals surface area (Å²) in [7, 11) is 1.65. The Hall–Kier alpha value is -4.26. The van der Waals surface area contributed by atoms with Gasteiger partial charge in [-0.2, -0.15) is 0 Å². The Kier molecular flexibility index (Phi) is 11.8. The van der Waals surface area contributed by atoms with Gasteiger partial charge in [-0.3, -0.25) is 19.3 Å². The predicted molar refractivity (Wildman–Crippen MR) is 175 cm³/mol. The number of nitrogens with one attached hydrogen (secondary N) is 1. The highest BCUT2D eigenvalue weighted by Gasteiger charge is 2.30. The molecule has 3 aromatic rings. The number of benzene rings is 3. The molecule has 0 aromatic heterocycles. The van der Waals surface area contributed by atoms with Gasteiger partial charge < -0.3 is 33.9 Å². The molecule has 0 spiro atoms. The van der Waals surface area contributed by atoms with E-state index in [4.69, 9.17) is 23.7 Å². The summed E-state index contributed by atoms with van der Waals surface area (Å²) in [5.41, 5.74) is 2.28. The average molecular weight is 650 g/mol. The minimum Gasteiger partial charge on any atom is -0.496 e. The van der Waals surface area contributed by atoms with Crippen LogP contribution in [0, 0.1) is 0 Å². The van der Waals surface area contributed by atoms with Crippen molar-refractivity contribution in [1.29, 1.82) is 0 Å². The first kappa shape index (κ1) is 33.1. The predicted octanol–water partition coefficient (Wildman–Crippen LogP) is 4.02. The molecule has 0 saturated carbocycles. The van der Waals surface area contributed by atoms with Crippen LogP contribution in [0.1, 0.15) is 24.8 Å². The number of hydrogen-bond donors (Lipinski definition) is 2. The lowest BCUT2D eigenvalue weighted by Gasteiger charge is -2.36. The zero-order valence-electron chi connectivity index (χ0n) is 25.8. The lowest BCUT2D eigenvalue weighted by Crippen LogP contribution is -2.55. The van der Waals surface area contributed by atoms with E-state index in [1.165, 1.54) is 4.90 Å². The number of anilines is 2. The third-order valence-electron chi connectivity index (χ3n) is 7.67. The standard InChI is InChI=1S/C34H39N3O8S/c1-41-30-8-3-2-6-24(30)22-42-15-5-17-43-27-11-9-25(10-12-27)37-26(19-35-20-32(37)38)7-4-16-44-34(40)21-36-29-18-28(46)13-14-31(29)45-23-33(36)39/h2-3,6,8-14,18,26,35,46H,4-5,7,15-17,19-23H2,1H3/t26-/m0/s1. The second-order valence-corrected chi connectivity index (χ2v) is 11.4. The van der Waals surface area contributed by atoms with Crippen LogP contribution in [0.15, 0.2) is 71.6 Å². The monoisotopic (exact) mass is 649 g/mol. The van der Waals surface area contributed by atoms with Gasteiger partial charge in [0, 0.05) is 35.2 Å². The normalized spacial score (nSPS) is 16.1. The van der Waals surface area contributed by atoms with Crippen molar-refractivity contribution >= 4 is 41.8 Å². The molecule has 1 atom stereocenters. The number of nitrogens with zero attached hydrogens (tertiary/aromatic N) is 2. The van der Waals surface area contributed by atoms with Crippen molar-refractivity contribution in [3.05, 3.63) is 72.3 Å². The van der Waals surface area contributed by atoms with Crippen molar-refractivity contribution < 1.29 is 38.1 Å². The second-order valence-electron chi connectivity index (χ2n) is 10.9. The van der Waals surface area contributed by atoms with Crippen molar-refractivity contribution in [2.75, 3.05) is 63.0 Å². The zero-order chi connectivity index (χ0) is 32.3. The van der Waals surface area contributed by atoms with E-state index in [0.29, 0.717) is 61.3 Å². The molecule has 1 saturated heterocycles. The lowest BCUT2D eigenvalue weighted by atomic mass is 10.1. The minimum atomic E-state index is -0.515. The Labute approximate surface area is 274 Å². The highest BCUT2D eigenvalue weighted by Crippen LogP contribution is 2.34. The Balaban J connectivity index is 1.04. The van der Waals surface area contributed by atoms with E-state index in [9.17, 15) is 14.4 Å². The smallest absolute Gasteiger partial charge is 0.326 e. The summed E-state index contributed by atoms with van der Waals surface area (Å²) in [4.78, 5) is 41.7. The van der Waals surface area contributed by atoms with Crippen LogP contribution in [0.3, 0.4) is 0 Å². The van der Waals surface area contributed by atoms with Gasteiger partial charge in [0.1, 0.15) is 23.8 Å². The molecule has 0 bridgehead atoms. The molecule has 0 unspecified atom stereocenters. The van der Waals surface area contributed by atoms with Gasteiger partial charge in [-0.1, -0.05) is 18.2 Å². The fraction of sp³-hybridized carbons (Fsp3) is 0.382. The molecule has 11 nitrogen and oxygen atoms in total. The number of hydrogen-bond acceptors (Lipinski definition) is 10. The third kappa shape index (κ3) is 8.71. The SMILES string of the molecule is COc1ccccc1COCCCOc1ccc(N2C(=O)CNC[C@@H]2CCCOC(=O)CN2C(=O)COc3ccc(S)cc32)cc1. The highest BCUT2D eigenvalue weighted by atomic mass is 32.1. The Bertz CT molecular complexity index is 1500. The van der Waals surface area contributed by atoms with Crippen molar-refractivity contribution in [3.63, 3.8) is 0 Å². The van der Waals surface area contributed by atoms with Crippen molar-refractivity contribution in [2.45, 2.75) is 36.8 Å². The number of ether oxygens (including phenoxy) is 5. The first-order valence-corrected chi connectivity index (χ1v) is 15.7. The van der Waals surface area contributed by atoms with Gasteiger partial charge in [-0.15, -0.1) is 12.6 Å².